The number of urea groups is 1. The van der Waals surface area contributed by atoms with Crippen LogP contribution in [0.15, 0.2) is 0 Å². The molecule has 9 amide bonds. The maximum Gasteiger partial charge on any atom is 0.315 e. The van der Waals surface area contributed by atoms with Gasteiger partial charge in [0.05, 0.1) is 12.1 Å². The molecule has 111 heavy (non-hydrogen) atoms. The quantitative estimate of drug-likeness (QED) is 0.0233. The first-order valence-electron chi connectivity index (χ1n) is 42.7. The van der Waals surface area contributed by atoms with Gasteiger partial charge in [-0.2, -0.15) is 41.7 Å². The van der Waals surface area contributed by atoms with E-state index in [9.17, 15) is 47.9 Å². The summed E-state index contributed by atoms with van der Waals surface area (Å²) in [5, 5.41) is 28.4. The Labute approximate surface area is 661 Å². The fourth-order valence-corrected chi connectivity index (χ4v) is 18.6. The number of Topliss-reactive ketones (excluding diaryl/α,β-unsaturated/α-hetero) is 2. The zero-order chi connectivity index (χ0) is 78.3. The minimum atomic E-state index is -0.171. The van der Waals surface area contributed by atoms with Crippen LogP contribution in [0.25, 0.3) is 0 Å². The van der Waals surface area contributed by atoms with Crippen LogP contribution in [0.3, 0.4) is 0 Å². The van der Waals surface area contributed by atoms with Crippen molar-refractivity contribution in [2.75, 3.05) is 115 Å². The average Bonchev–Trinajstić information content (AvgIpc) is 1.67. The SMILES string of the molecule is CC(=O)CCCCCCC(=O)NC1CCN(c2nc(N3CCC(NC(=O)CCCCCNC(=O)CCCC[C@@H]4SCC5NC(=O)NC54)CC3)nc(N3CCC(NC(=O)C4CCN(c5nc(C6CCC(NC(=O)CCCCCNC(C)=O)CC6)nc(N6CCC(CC(=O)CCCCCNC(C)=O)CC6)n5)CC4)CC3)n2)CC1. The zero-order valence-electron chi connectivity index (χ0n) is 66.7. The number of aromatic nitrogens is 6. The van der Waals surface area contributed by atoms with E-state index < -0.39 is 0 Å². The van der Waals surface area contributed by atoms with Gasteiger partial charge in [-0.1, -0.05) is 38.5 Å². The third kappa shape index (κ3) is 29.0. The number of carbonyl (C=O) groups excluding carboxylic acids is 10. The first kappa shape index (κ1) is 85.7. The summed E-state index contributed by atoms with van der Waals surface area (Å²) in [5.74, 6) is 5.77. The van der Waals surface area contributed by atoms with Gasteiger partial charge in [-0.05, 0) is 167 Å². The molecule has 1 saturated carbocycles. The molecule has 31 heteroatoms. The molecule has 30 nitrogen and oxygen atoms in total. The number of anilines is 5. The molecule has 7 aliphatic heterocycles. The van der Waals surface area contributed by atoms with E-state index in [0.717, 1.165) is 204 Å². The minimum Gasteiger partial charge on any atom is -0.356 e. The molecule has 2 aromatic rings. The van der Waals surface area contributed by atoms with E-state index in [2.05, 4.69) is 72.4 Å². The van der Waals surface area contributed by atoms with E-state index in [1.165, 1.54) is 13.8 Å². The summed E-state index contributed by atoms with van der Waals surface area (Å²) in [6.45, 7) is 13.2. The second kappa shape index (κ2) is 45.2. The van der Waals surface area contributed by atoms with E-state index in [1.54, 1.807) is 6.92 Å². The largest absolute Gasteiger partial charge is 0.356 e. The zero-order valence-corrected chi connectivity index (χ0v) is 67.6. The van der Waals surface area contributed by atoms with E-state index in [-0.39, 0.29) is 101 Å². The van der Waals surface area contributed by atoms with Gasteiger partial charge >= 0.3 is 6.03 Å². The van der Waals surface area contributed by atoms with Crippen LogP contribution in [0, 0.1) is 11.8 Å². The van der Waals surface area contributed by atoms with E-state index in [0.29, 0.717) is 176 Å². The number of nitrogens with zero attached hydrogens (tertiary/aromatic N) is 11. The fraction of sp³-hybridized carbons (Fsp3) is 0.800. The van der Waals surface area contributed by atoms with Crippen LogP contribution in [0.1, 0.15) is 270 Å². The predicted molar refractivity (Wildman–Crippen MR) is 431 cm³/mol. The summed E-state index contributed by atoms with van der Waals surface area (Å²) in [6, 6.07) is 0.466. The van der Waals surface area contributed by atoms with Crippen molar-refractivity contribution in [3.8, 4) is 0 Å². The first-order valence-corrected chi connectivity index (χ1v) is 43.8. The smallest absolute Gasteiger partial charge is 0.315 e. The lowest BCUT2D eigenvalue weighted by molar-refractivity contribution is -0.126. The molecule has 8 fully saturated rings. The maximum atomic E-state index is 14.3. The number of rotatable bonds is 43. The summed E-state index contributed by atoms with van der Waals surface area (Å²) in [6.07, 6.45) is 28.2. The van der Waals surface area contributed by atoms with Gasteiger partial charge < -0.3 is 77.1 Å². The molecule has 7 saturated heterocycles. The van der Waals surface area contributed by atoms with Crippen LogP contribution in [0.4, 0.5) is 34.5 Å². The molecule has 9 heterocycles. The van der Waals surface area contributed by atoms with E-state index in [1.807, 2.05) is 11.8 Å². The Bertz CT molecular complexity index is 3270. The maximum absolute atomic E-state index is 14.3. The number of amides is 9. The number of unbranched alkanes of at least 4 members (excludes halogenated alkanes) is 10. The number of ketones is 2. The van der Waals surface area contributed by atoms with Gasteiger partial charge in [-0.15, -0.1) is 0 Å². The molecule has 0 spiro atoms. The lowest BCUT2D eigenvalue weighted by Crippen LogP contribution is -2.49. The van der Waals surface area contributed by atoms with Crippen molar-refractivity contribution in [1.29, 1.82) is 0 Å². The van der Waals surface area contributed by atoms with Gasteiger partial charge in [-0.25, -0.2) is 4.79 Å². The molecule has 9 N–H and O–H groups in total. The standard InChI is InChI=1S/C80H130N20O10S/c1-55(101)19-9-4-5-11-23-70(107)85-62-34-47-98(48-35-62)77-93-78(99-49-36-63(37-50-99)86-71(108)25-13-8-18-42-83-68(105)22-15-14-21-67-72-66(54-111-67)88-80(110)89-72)95-79(94-77)100-51-38-64(39-52-100)87-74(109)60-32-45-97(46-33-60)76-91-73(59-26-28-61(29-27-59)84-69(106)24-12-7-17-41-82-57(3)103)90-75(92-76)96-43-30-58(31-44-96)53-65(104)20-10-6-16-40-81-56(2)102/h58-64,66-67,72H,4-54H2,1-3H3,(H,81,102)(H,82,103)(H,83,105)(H,84,106)(H,85,107)(H,86,108)(H,87,109)(H2,88,89,110)/t59?,61?,66?,67-,72?/m0/s1. The number of hydrogen-bond donors (Lipinski definition) is 9. The number of nitrogens with one attached hydrogen (secondary N) is 9. The Balaban J connectivity index is 0.689. The van der Waals surface area contributed by atoms with Crippen LogP contribution in [0.2, 0.25) is 0 Å². The Morgan fingerprint density at radius 2 is 0.784 bits per heavy atom. The number of hydrogen-bond acceptors (Lipinski definition) is 22. The number of thioether (sulfide) groups is 1. The van der Waals surface area contributed by atoms with Crippen LogP contribution >= 0.6 is 11.8 Å². The van der Waals surface area contributed by atoms with Crippen molar-refractivity contribution in [1.82, 2.24) is 77.8 Å². The van der Waals surface area contributed by atoms with E-state index >= 15 is 0 Å². The second-order valence-corrected chi connectivity index (χ2v) is 34.0. The molecular weight excluding hydrogens is 1430 g/mol. The molecule has 1 aliphatic carbocycles. The normalized spacial score (nSPS) is 21.6. The minimum absolute atomic E-state index is 0.0202. The average molecular weight is 1560 g/mol. The fourth-order valence-electron chi connectivity index (χ4n) is 17.0. The predicted octanol–water partition coefficient (Wildman–Crippen LogP) is 7.27. The first-order chi connectivity index (χ1) is 53.8. The van der Waals surface area contributed by atoms with Gasteiger partial charge in [0.1, 0.15) is 17.4 Å². The highest BCUT2D eigenvalue weighted by molar-refractivity contribution is 8.00. The van der Waals surface area contributed by atoms with Crippen molar-refractivity contribution in [3.63, 3.8) is 0 Å². The third-order valence-corrected chi connectivity index (χ3v) is 25.3. The Morgan fingerprint density at radius 3 is 1.25 bits per heavy atom. The number of fused-ring (bicyclic) bond motifs is 1. The van der Waals surface area contributed by atoms with Crippen LogP contribution in [-0.4, -0.2) is 221 Å². The Morgan fingerprint density at radius 1 is 0.396 bits per heavy atom. The highest BCUT2D eigenvalue weighted by Gasteiger charge is 2.43. The van der Waals surface area contributed by atoms with Gasteiger partial charge in [-0.3, -0.25) is 38.4 Å². The van der Waals surface area contributed by atoms with Gasteiger partial charge in [0, 0.05) is 191 Å². The lowest BCUT2D eigenvalue weighted by Gasteiger charge is -2.37. The van der Waals surface area contributed by atoms with Crippen LogP contribution in [0.5, 0.6) is 0 Å². The summed E-state index contributed by atoms with van der Waals surface area (Å²) in [5.41, 5.74) is 0. The second-order valence-electron chi connectivity index (χ2n) is 32.7. The molecule has 0 aromatic carbocycles. The molecule has 10 rings (SSSR count). The highest BCUT2D eigenvalue weighted by atomic mass is 32.2. The van der Waals surface area contributed by atoms with Crippen molar-refractivity contribution < 1.29 is 47.9 Å². The molecule has 8 aliphatic rings. The lowest BCUT2D eigenvalue weighted by atomic mass is 9.85. The van der Waals surface area contributed by atoms with Crippen molar-refractivity contribution in [2.45, 2.75) is 306 Å². The number of carbonyl (C=O) groups is 10. The third-order valence-electron chi connectivity index (χ3n) is 23.8. The van der Waals surface area contributed by atoms with Gasteiger partial charge in [0.25, 0.3) is 0 Å². The Hall–Kier alpha value is -7.73. The van der Waals surface area contributed by atoms with Crippen LogP contribution < -0.4 is 72.4 Å². The van der Waals surface area contributed by atoms with Gasteiger partial charge in [0.15, 0.2) is 0 Å². The molecule has 616 valence electrons. The molecule has 2 unspecified atom stereocenters. The Kier molecular flexibility index (Phi) is 34.9. The van der Waals surface area contributed by atoms with Crippen molar-refractivity contribution in [3.05, 3.63) is 5.82 Å². The topological polar surface area (TPSA) is 373 Å². The molecule has 0 bridgehead atoms. The summed E-state index contributed by atoms with van der Waals surface area (Å²) < 4.78 is 0. The molecule has 0 radical (unpaired) electrons. The van der Waals surface area contributed by atoms with Crippen molar-refractivity contribution in [2.24, 2.45) is 11.8 Å². The monoisotopic (exact) mass is 1560 g/mol. The van der Waals surface area contributed by atoms with Crippen molar-refractivity contribution >= 4 is 100 Å². The summed E-state index contributed by atoms with van der Waals surface area (Å²) in [4.78, 5) is 167. The highest BCUT2D eigenvalue weighted by Crippen LogP contribution is 2.37. The number of piperidine rings is 5. The van der Waals surface area contributed by atoms with E-state index in [4.69, 9.17) is 29.9 Å². The van der Waals surface area contributed by atoms with Gasteiger partial charge in [0.2, 0.25) is 71.1 Å². The molecule has 2 aromatic heterocycles. The summed E-state index contributed by atoms with van der Waals surface area (Å²) >= 11 is 1.90. The molecule has 3 atom stereocenters. The van der Waals surface area contributed by atoms with Crippen LogP contribution in [-0.2, 0) is 43.2 Å². The molecular formula is C80H130N20O10S. The summed E-state index contributed by atoms with van der Waals surface area (Å²) in [7, 11) is 0.